The molecular weight excluding hydrogens is 324 g/mol. The first-order valence-electron chi connectivity index (χ1n) is 7.54. The fraction of sp³-hybridized carbons (Fsp3) is 0.278. The standard InChI is InChI=1S/C18H20N2O3S/c1-13(2)18(15-6-8-16(23-3)9-7-15)20-24(21,22)17-10-4-14(12-19)5-11-17/h4-11,13,18,20H,1-3H3. The first-order valence-corrected chi connectivity index (χ1v) is 9.02. The number of rotatable bonds is 6. The largest absolute Gasteiger partial charge is 0.497 e. The molecule has 6 heteroatoms. The lowest BCUT2D eigenvalue weighted by atomic mass is 9.97. The quantitative estimate of drug-likeness (QED) is 0.872. The van der Waals surface area contributed by atoms with Crippen molar-refractivity contribution in [3.63, 3.8) is 0 Å². The number of ether oxygens (including phenoxy) is 1. The Balaban J connectivity index is 2.29. The molecule has 24 heavy (non-hydrogen) atoms. The molecule has 0 heterocycles. The number of sulfonamides is 1. The van der Waals surface area contributed by atoms with Crippen LogP contribution in [0, 0.1) is 17.2 Å². The molecular formula is C18H20N2O3S. The van der Waals surface area contributed by atoms with E-state index in [-0.39, 0.29) is 16.9 Å². The monoisotopic (exact) mass is 344 g/mol. The molecule has 2 rings (SSSR count). The Morgan fingerprint density at radius 1 is 1.04 bits per heavy atom. The fourth-order valence-electron chi connectivity index (χ4n) is 2.34. The molecule has 0 fully saturated rings. The normalized spacial score (nSPS) is 12.6. The number of nitrogens with one attached hydrogen (secondary N) is 1. The molecule has 0 spiro atoms. The van der Waals surface area contributed by atoms with Gasteiger partial charge in [-0.25, -0.2) is 13.1 Å². The summed E-state index contributed by atoms with van der Waals surface area (Å²) in [7, 11) is -2.10. The lowest BCUT2D eigenvalue weighted by Crippen LogP contribution is -2.31. The predicted octanol–water partition coefficient (Wildman–Crippen LogP) is 3.24. The maximum absolute atomic E-state index is 12.6. The summed E-state index contributed by atoms with van der Waals surface area (Å²) < 4.78 is 33.1. The summed E-state index contributed by atoms with van der Waals surface area (Å²) in [6.07, 6.45) is 0. The minimum atomic E-state index is -3.68. The molecule has 0 bridgehead atoms. The van der Waals surface area contributed by atoms with Crippen molar-refractivity contribution in [1.82, 2.24) is 4.72 Å². The van der Waals surface area contributed by atoms with E-state index in [4.69, 9.17) is 10.00 Å². The van der Waals surface area contributed by atoms with Crippen molar-refractivity contribution in [3.05, 3.63) is 59.7 Å². The molecule has 0 saturated carbocycles. The van der Waals surface area contributed by atoms with E-state index in [2.05, 4.69) is 4.72 Å². The lowest BCUT2D eigenvalue weighted by molar-refractivity contribution is 0.413. The van der Waals surface area contributed by atoms with Crippen LogP contribution in [0.2, 0.25) is 0 Å². The summed E-state index contributed by atoms with van der Waals surface area (Å²) in [5.41, 5.74) is 1.28. The number of hydrogen-bond donors (Lipinski definition) is 1. The van der Waals surface area contributed by atoms with E-state index in [1.54, 1.807) is 19.2 Å². The van der Waals surface area contributed by atoms with Crippen LogP contribution in [0.1, 0.15) is 31.0 Å². The Morgan fingerprint density at radius 3 is 2.08 bits per heavy atom. The van der Waals surface area contributed by atoms with E-state index in [1.165, 1.54) is 24.3 Å². The van der Waals surface area contributed by atoms with E-state index in [9.17, 15) is 8.42 Å². The summed E-state index contributed by atoms with van der Waals surface area (Å²) >= 11 is 0. The molecule has 2 aromatic rings. The maximum Gasteiger partial charge on any atom is 0.241 e. The molecule has 0 aliphatic rings. The van der Waals surface area contributed by atoms with Crippen molar-refractivity contribution in [2.24, 2.45) is 5.92 Å². The predicted molar refractivity (Wildman–Crippen MR) is 92.1 cm³/mol. The Kier molecular flexibility index (Phi) is 5.60. The van der Waals surface area contributed by atoms with Gasteiger partial charge in [-0.15, -0.1) is 0 Å². The topological polar surface area (TPSA) is 79.2 Å². The molecule has 1 N–H and O–H groups in total. The van der Waals surface area contributed by atoms with Crippen molar-refractivity contribution in [2.45, 2.75) is 24.8 Å². The second-order valence-corrected chi connectivity index (χ2v) is 7.47. The van der Waals surface area contributed by atoms with Crippen LogP contribution in [-0.2, 0) is 10.0 Å². The van der Waals surface area contributed by atoms with E-state index >= 15 is 0 Å². The van der Waals surface area contributed by atoms with Crippen molar-refractivity contribution >= 4 is 10.0 Å². The van der Waals surface area contributed by atoms with Gasteiger partial charge in [0.2, 0.25) is 10.0 Å². The van der Waals surface area contributed by atoms with Gasteiger partial charge in [-0.2, -0.15) is 5.26 Å². The molecule has 0 saturated heterocycles. The van der Waals surface area contributed by atoms with Gasteiger partial charge in [0.05, 0.1) is 23.6 Å². The molecule has 0 aromatic heterocycles. The molecule has 0 amide bonds. The highest BCUT2D eigenvalue weighted by atomic mass is 32.2. The van der Waals surface area contributed by atoms with E-state index < -0.39 is 10.0 Å². The third-order valence-corrected chi connectivity index (χ3v) is 5.17. The van der Waals surface area contributed by atoms with Gasteiger partial charge in [-0.05, 0) is 47.9 Å². The highest BCUT2D eigenvalue weighted by molar-refractivity contribution is 7.89. The van der Waals surface area contributed by atoms with Crippen LogP contribution in [0.5, 0.6) is 5.75 Å². The minimum absolute atomic E-state index is 0.0616. The molecule has 5 nitrogen and oxygen atoms in total. The number of benzene rings is 2. The SMILES string of the molecule is COc1ccc(C(NS(=O)(=O)c2ccc(C#N)cc2)C(C)C)cc1. The third kappa shape index (κ3) is 4.13. The Morgan fingerprint density at radius 2 is 1.62 bits per heavy atom. The van der Waals surface area contributed by atoms with Gasteiger partial charge in [-0.1, -0.05) is 26.0 Å². The van der Waals surface area contributed by atoms with Crippen molar-refractivity contribution in [1.29, 1.82) is 5.26 Å². The summed E-state index contributed by atoms with van der Waals surface area (Å²) in [4.78, 5) is 0.140. The van der Waals surface area contributed by atoms with Gasteiger partial charge in [0.25, 0.3) is 0 Å². The lowest BCUT2D eigenvalue weighted by Gasteiger charge is -2.23. The molecule has 0 aliphatic carbocycles. The van der Waals surface area contributed by atoms with E-state index in [1.807, 2.05) is 32.0 Å². The highest BCUT2D eigenvalue weighted by Crippen LogP contribution is 2.26. The smallest absolute Gasteiger partial charge is 0.241 e. The molecule has 2 aromatic carbocycles. The van der Waals surface area contributed by atoms with Gasteiger partial charge in [-0.3, -0.25) is 0 Å². The zero-order chi connectivity index (χ0) is 17.7. The Hall–Kier alpha value is -2.36. The number of nitriles is 1. The van der Waals surface area contributed by atoms with Gasteiger partial charge < -0.3 is 4.74 Å². The van der Waals surface area contributed by atoms with Gasteiger partial charge in [0, 0.05) is 6.04 Å². The second kappa shape index (κ2) is 7.47. The van der Waals surface area contributed by atoms with Crippen LogP contribution in [0.25, 0.3) is 0 Å². The third-order valence-electron chi connectivity index (χ3n) is 3.72. The first kappa shape index (κ1) is 18.0. The molecule has 1 atom stereocenters. The van der Waals surface area contributed by atoms with Crippen LogP contribution in [-0.4, -0.2) is 15.5 Å². The second-order valence-electron chi connectivity index (χ2n) is 5.75. The highest BCUT2D eigenvalue weighted by Gasteiger charge is 2.24. The van der Waals surface area contributed by atoms with Gasteiger partial charge in [0.15, 0.2) is 0 Å². The summed E-state index contributed by atoms with van der Waals surface area (Å²) in [6, 6.07) is 14.8. The van der Waals surface area contributed by atoms with Crippen LogP contribution in [0.15, 0.2) is 53.4 Å². The first-order chi connectivity index (χ1) is 11.4. The average molecular weight is 344 g/mol. The number of methoxy groups -OCH3 is 1. The van der Waals surface area contributed by atoms with Crippen LogP contribution < -0.4 is 9.46 Å². The summed E-state index contributed by atoms with van der Waals surface area (Å²) in [5.74, 6) is 0.780. The van der Waals surface area contributed by atoms with Crippen LogP contribution in [0.4, 0.5) is 0 Å². The zero-order valence-corrected chi connectivity index (χ0v) is 14.7. The van der Waals surface area contributed by atoms with Crippen molar-refractivity contribution < 1.29 is 13.2 Å². The van der Waals surface area contributed by atoms with Crippen molar-refractivity contribution in [2.75, 3.05) is 7.11 Å². The fourth-order valence-corrected chi connectivity index (χ4v) is 3.72. The Labute approximate surface area is 142 Å². The molecule has 126 valence electrons. The van der Waals surface area contributed by atoms with Crippen molar-refractivity contribution in [3.8, 4) is 11.8 Å². The van der Waals surface area contributed by atoms with Gasteiger partial charge in [0.1, 0.15) is 5.75 Å². The van der Waals surface area contributed by atoms with Crippen LogP contribution in [0.3, 0.4) is 0 Å². The van der Waals surface area contributed by atoms with Crippen LogP contribution >= 0.6 is 0 Å². The number of hydrogen-bond acceptors (Lipinski definition) is 4. The summed E-state index contributed by atoms with van der Waals surface area (Å²) in [6.45, 7) is 3.91. The average Bonchev–Trinajstić information content (AvgIpc) is 2.59. The minimum Gasteiger partial charge on any atom is -0.497 e. The molecule has 1 unspecified atom stereocenters. The molecule has 0 aliphatic heterocycles. The van der Waals surface area contributed by atoms with E-state index in [0.717, 1.165) is 11.3 Å². The van der Waals surface area contributed by atoms with E-state index in [0.29, 0.717) is 5.56 Å². The number of nitrogens with zero attached hydrogens (tertiary/aromatic N) is 1. The summed E-state index contributed by atoms with van der Waals surface area (Å²) in [5, 5.41) is 8.82. The maximum atomic E-state index is 12.6. The van der Waals surface area contributed by atoms with Gasteiger partial charge >= 0.3 is 0 Å². The zero-order valence-electron chi connectivity index (χ0n) is 13.9. The molecule has 0 radical (unpaired) electrons. The Bertz CT molecular complexity index is 820.